The standard InChI is InChI=1S/C19H26N2O2/c1-4-23-15-10-8-14(9-11-15)13(2)20-21-18(22)17-16-7-5-6-12-19(16,17)3/h8-11,16-17H,4-7,12H2,1-3H3,(H,21,22)/b20-13-/t16-,17+,19-/m0/s1. The Morgan fingerprint density at radius 3 is 2.70 bits per heavy atom. The summed E-state index contributed by atoms with van der Waals surface area (Å²) in [4.78, 5) is 12.4. The zero-order valence-electron chi connectivity index (χ0n) is 14.3. The first-order chi connectivity index (χ1) is 11.1. The van der Waals surface area contributed by atoms with Crippen molar-refractivity contribution in [1.82, 2.24) is 5.43 Å². The monoisotopic (exact) mass is 314 g/mol. The average molecular weight is 314 g/mol. The number of amides is 1. The van der Waals surface area contributed by atoms with Gasteiger partial charge in [-0.2, -0.15) is 5.10 Å². The molecule has 1 amide bonds. The van der Waals surface area contributed by atoms with Crippen LogP contribution in [0.25, 0.3) is 0 Å². The molecule has 1 N–H and O–H groups in total. The van der Waals surface area contributed by atoms with Crippen LogP contribution in [0.15, 0.2) is 29.4 Å². The molecule has 3 rings (SSSR count). The van der Waals surface area contributed by atoms with Crippen LogP contribution in [-0.4, -0.2) is 18.2 Å². The Labute approximate surface area is 138 Å². The minimum Gasteiger partial charge on any atom is -0.494 e. The summed E-state index contributed by atoms with van der Waals surface area (Å²) in [6, 6.07) is 7.79. The van der Waals surface area contributed by atoms with Gasteiger partial charge in [0.25, 0.3) is 0 Å². The lowest BCUT2D eigenvalue weighted by molar-refractivity contribution is -0.123. The normalized spacial score (nSPS) is 29.6. The summed E-state index contributed by atoms with van der Waals surface area (Å²) in [6.45, 7) is 6.79. The molecule has 1 aromatic carbocycles. The molecule has 0 unspecified atom stereocenters. The average Bonchev–Trinajstić information content (AvgIpc) is 3.19. The van der Waals surface area contributed by atoms with E-state index in [1.165, 1.54) is 25.7 Å². The number of hydrogen-bond donors (Lipinski definition) is 1. The van der Waals surface area contributed by atoms with Crippen molar-refractivity contribution >= 4 is 11.6 Å². The number of rotatable bonds is 5. The van der Waals surface area contributed by atoms with Crippen LogP contribution in [0.2, 0.25) is 0 Å². The lowest BCUT2D eigenvalue weighted by Gasteiger charge is -2.15. The highest BCUT2D eigenvalue weighted by Crippen LogP contribution is 2.66. The number of hydrogen-bond acceptors (Lipinski definition) is 3. The van der Waals surface area contributed by atoms with Crippen LogP contribution >= 0.6 is 0 Å². The van der Waals surface area contributed by atoms with Gasteiger partial charge in [-0.25, -0.2) is 5.43 Å². The van der Waals surface area contributed by atoms with Crippen molar-refractivity contribution in [2.75, 3.05) is 6.61 Å². The first-order valence-corrected chi connectivity index (χ1v) is 8.63. The summed E-state index contributed by atoms with van der Waals surface area (Å²) in [6.07, 6.45) is 4.89. The third-order valence-corrected chi connectivity index (χ3v) is 5.53. The lowest BCUT2D eigenvalue weighted by atomic mass is 9.90. The Balaban J connectivity index is 1.60. The number of ether oxygens (including phenoxy) is 1. The maximum Gasteiger partial charge on any atom is 0.244 e. The highest BCUT2D eigenvalue weighted by atomic mass is 16.5. The minimum atomic E-state index is 0.0877. The van der Waals surface area contributed by atoms with E-state index < -0.39 is 0 Å². The predicted octanol–water partition coefficient (Wildman–Crippen LogP) is 3.75. The van der Waals surface area contributed by atoms with Crippen LogP contribution in [0, 0.1) is 17.3 Å². The summed E-state index contributed by atoms with van der Waals surface area (Å²) < 4.78 is 5.43. The summed E-state index contributed by atoms with van der Waals surface area (Å²) in [7, 11) is 0. The molecule has 0 bridgehead atoms. The molecule has 4 nitrogen and oxygen atoms in total. The molecule has 0 spiro atoms. The molecular formula is C19H26N2O2. The Morgan fingerprint density at radius 2 is 2.09 bits per heavy atom. The van der Waals surface area contributed by atoms with Crippen LogP contribution in [0.1, 0.15) is 52.0 Å². The van der Waals surface area contributed by atoms with Gasteiger partial charge in [0, 0.05) is 5.92 Å². The molecule has 4 heteroatoms. The number of fused-ring (bicyclic) bond motifs is 1. The van der Waals surface area contributed by atoms with E-state index in [2.05, 4.69) is 17.5 Å². The molecule has 124 valence electrons. The molecule has 2 aliphatic rings. The largest absolute Gasteiger partial charge is 0.494 e. The van der Waals surface area contributed by atoms with Crippen LogP contribution in [0.4, 0.5) is 0 Å². The number of benzene rings is 1. The van der Waals surface area contributed by atoms with Gasteiger partial charge in [0.15, 0.2) is 0 Å². The van der Waals surface area contributed by atoms with Crippen LogP contribution in [0.3, 0.4) is 0 Å². The highest BCUT2D eigenvalue weighted by Gasteiger charge is 2.64. The Morgan fingerprint density at radius 1 is 1.35 bits per heavy atom. The first-order valence-electron chi connectivity index (χ1n) is 8.63. The quantitative estimate of drug-likeness (QED) is 0.664. The van der Waals surface area contributed by atoms with E-state index in [9.17, 15) is 4.79 Å². The van der Waals surface area contributed by atoms with E-state index >= 15 is 0 Å². The van der Waals surface area contributed by atoms with E-state index in [1.807, 2.05) is 38.1 Å². The SMILES string of the molecule is CCOc1ccc(/C(C)=N\NC(=O)[C@H]2[C@@H]3CCCC[C@@]32C)cc1. The van der Waals surface area contributed by atoms with E-state index in [0.717, 1.165) is 17.0 Å². The number of nitrogens with one attached hydrogen (secondary N) is 1. The summed E-state index contributed by atoms with van der Waals surface area (Å²) in [5.41, 5.74) is 4.82. The molecule has 0 radical (unpaired) electrons. The zero-order chi connectivity index (χ0) is 16.4. The summed E-state index contributed by atoms with van der Waals surface area (Å²) >= 11 is 0. The Hall–Kier alpha value is -1.84. The van der Waals surface area contributed by atoms with Crippen molar-refractivity contribution in [2.45, 2.75) is 46.5 Å². The molecule has 0 saturated heterocycles. The number of carbonyl (C=O) groups excluding carboxylic acids is 1. The second-order valence-electron chi connectivity index (χ2n) is 6.97. The molecule has 0 heterocycles. The smallest absolute Gasteiger partial charge is 0.244 e. The lowest BCUT2D eigenvalue weighted by Crippen LogP contribution is -2.23. The molecular weight excluding hydrogens is 288 g/mol. The zero-order valence-corrected chi connectivity index (χ0v) is 14.3. The molecule has 0 aromatic heterocycles. The third-order valence-electron chi connectivity index (χ3n) is 5.53. The Kier molecular flexibility index (Phi) is 4.42. The highest BCUT2D eigenvalue weighted by molar-refractivity contribution is 5.99. The summed E-state index contributed by atoms with van der Waals surface area (Å²) in [5.74, 6) is 1.66. The van der Waals surface area contributed by atoms with Gasteiger partial charge in [-0.3, -0.25) is 4.79 Å². The molecule has 3 atom stereocenters. The van der Waals surface area contributed by atoms with Gasteiger partial charge in [-0.1, -0.05) is 19.8 Å². The molecule has 23 heavy (non-hydrogen) atoms. The van der Waals surface area contributed by atoms with Crippen molar-refractivity contribution in [3.05, 3.63) is 29.8 Å². The van der Waals surface area contributed by atoms with Crippen molar-refractivity contribution < 1.29 is 9.53 Å². The molecule has 1 aromatic rings. The number of nitrogens with zero attached hydrogens (tertiary/aromatic N) is 1. The van der Waals surface area contributed by atoms with Crippen molar-refractivity contribution in [3.63, 3.8) is 0 Å². The molecule has 0 aliphatic heterocycles. The number of hydrazone groups is 1. The fraction of sp³-hybridized carbons (Fsp3) is 0.579. The third kappa shape index (κ3) is 3.12. The van der Waals surface area contributed by atoms with Gasteiger partial charge < -0.3 is 4.74 Å². The minimum absolute atomic E-state index is 0.0877. The Bertz CT molecular complexity index is 608. The van der Waals surface area contributed by atoms with Crippen molar-refractivity contribution in [3.8, 4) is 5.75 Å². The molecule has 2 aliphatic carbocycles. The van der Waals surface area contributed by atoms with Gasteiger partial charge in [-0.15, -0.1) is 0 Å². The predicted molar refractivity (Wildman–Crippen MR) is 91.5 cm³/mol. The maximum absolute atomic E-state index is 12.4. The van der Waals surface area contributed by atoms with Gasteiger partial charge in [0.1, 0.15) is 5.75 Å². The maximum atomic E-state index is 12.4. The van der Waals surface area contributed by atoms with Gasteiger partial charge in [0.05, 0.1) is 12.3 Å². The van der Waals surface area contributed by atoms with Gasteiger partial charge >= 0.3 is 0 Å². The second-order valence-corrected chi connectivity index (χ2v) is 6.97. The van der Waals surface area contributed by atoms with Crippen molar-refractivity contribution in [1.29, 1.82) is 0 Å². The number of carbonyl (C=O) groups is 1. The van der Waals surface area contributed by atoms with Gasteiger partial charge in [0.2, 0.25) is 5.91 Å². The fourth-order valence-electron chi connectivity index (χ4n) is 4.08. The van der Waals surface area contributed by atoms with Crippen LogP contribution < -0.4 is 10.2 Å². The van der Waals surface area contributed by atoms with E-state index in [4.69, 9.17) is 4.74 Å². The van der Waals surface area contributed by atoms with E-state index in [-0.39, 0.29) is 17.2 Å². The van der Waals surface area contributed by atoms with Crippen molar-refractivity contribution in [2.24, 2.45) is 22.4 Å². The molecule has 2 saturated carbocycles. The summed E-state index contributed by atoms with van der Waals surface area (Å²) in [5, 5.41) is 4.30. The topological polar surface area (TPSA) is 50.7 Å². The molecule has 2 fully saturated rings. The van der Waals surface area contributed by atoms with E-state index in [0.29, 0.717) is 12.5 Å². The second kappa shape index (κ2) is 6.34. The fourth-order valence-corrected chi connectivity index (χ4v) is 4.08. The van der Waals surface area contributed by atoms with Crippen LogP contribution in [-0.2, 0) is 4.79 Å². The van der Waals surface area contributed by atoms with E-state index in [1.54, 1.807) is 0 Å². The van der Waals surface area contributed by atoms with Gasteiger partial charge in [-0.05, 0) is 67.9 Å². The van der Waals surface area contributed by atoms with Crippen LogP contribution in [0.5, 0.6) is 5.75 Å². The first kappa shape index (κ1) is 16.0.